The lowest BCUT2D eigenvalue weighted by Crippen LogP contribution is -2.50. The minimum absolute atomic E-state index is 0.0508. The number of alkyl halides is 3. The molecule has 3 N–H and O–H groups in total. The largest absolute Gasteiger partial charge is 0.444 e. The van der Waals surface area contributed by atoms with Gasteiger partial charge in [-0.2, -0.15) is 13.2 Å². The highest BCUT2D eigenvalue weighted by Crippen LogP contribution is 2.32. The smallest absolute Gasteiger partial charge is 0.412 e. The fourth-order valence-electron chi connectivity index (χ4n) is 1.78. The van der Waals surface area contributed by atoms with Gasteiger partial charge in [-0.25, -0.2) is 4.79 Å². The van der Waals surface area contributed by atoms with Crippen molar-refractivity contribution in [3.05, 3.63) is 11.6 Å². The summed E-state index contributed by atoms with van der Waals surface area (Å²) < 4.78 is 42.5. The third-order valence-electron chi connectivity index (χ3n) is 2.66. The Bertz CT molecular complexity index is 372. The molecule has 0 heterocycles. The van der Waals surface area contributed by atoms with Crippen LogP contribution in [0.3, 0.4) is 0 Å². The van der Waals surface area contributed by atoms with E-state index in [4.69, 9.17) is 10.5 Å². The number of amides is 1. The van der Waals surface area contributed by atoms with Gasteiger partial charge in [-0.15, -0.1) is 0 Å². The molecule has 1 aliphatic rings. The Morgan fingerprint density at radius 1 is 1.42 bits per heavy atom. The molecule has 0 aromatic heterocycles. The molecular formula is C12H19F3N2O2. The van der Waals surface area contributed by atoms with Crippen molar-refractivity contribution in [3.8, 4) is 0 Å². The standard InChI is InChI=1S/C12H19F3N2O2/c1-11(2,3)19-10(18)17-9-5-4-7(6-8(9)16)12(13,14)15/h4,8-9H,5-6,16H2,1-3H3,(H,17,18)/t8-,9-/m1/s1. The molecule has 1 amide bonds. The number of alkyl carbamates (subject to hydrolysis) is 1. The molecule has 110 valence electrons. The number of carbonyl (C=O) groups is 1. The average molecular weight is 280 g/mol. The van der Waals surface area contributed by atoms with E-state index in [0.717, 1.165) is 6.08 Å². The molecule has 1 aliphatic carbocycles. The van der Waals surface area contributed by atoms with E-state index in [0.29, 0.717) is 0 Å². The van der Waals surface area contributed by atoms with Gasteiger partial charge in [0.1, 0.15) is 5.60 Å². The van der Waals surface area contributed by atoms with Crippen LogP contribution in [0.5, 0.6) is 0 Å². The molecule has 0 spiro atoms. The van der Waals surface area contributed by atoms with Crippen molar-refractivity contribution in [2.75, 3.05) is 0 Å². The molecule has 7 heteroatoms. The molecule has 0 saturated heterocycles. The quantitative estimate of drug-likeness (QED) is 0.725. The van der Waals surface area contributed by atoms with Gasteiger partial charge in [-0.3, -0.25) is 0 Å². The van der Waals surface area contributed by atoms with Gasteiger partial charge < -0.3 is 15.8 Å². The van der Waals surface area contributed by atoms with Crippen LogP contribution in [0, 0.1) is 0 Å². The highest BCUT2D eigenvalue weighted by molar-refractivity contribution is 5.68. The lowest BCUT2D eigenvalue weighted by atomic mass is 9.90. The molecule has 0 bridgehead atoms. The third kappa shape index (κ3) is 5.10. The predicted molar refractivity (Wildman–Crippen MR) is 64.5 cm³/mol. The van der Waals surface area contributed by atoms with E-state index in [2.05, 4.69) is 5.32 Å². The van der Waals surface area contributed by atoms with Crippen molar-refractivity contribution >= 4 is 6.09 Å². The van der Waals surface area contributed by atoms with E-state index in [1.165, 1.54) is 0 Å². The van der Waals surface area contributed by atoms with Gasteiger partial charge in [0.25, 0.3) is 0 Å². The number of nitrogens with two attached hydrogens (primary N) is 1. The summed E-state index contributed by atoms with van der Waals surface area (Å²) in [6.07, 6.45) is -4.20. The molecular weight excluding hydrogens is 261 g/mol. The summed E-state index contributed by atoms with van der Waals surface area (Å²) in [4.78, 5) is 11.5. The lowest BCUT2D eigenvalue weighted by Gasteiger charge is -2.30. The summed E-state index contributed by atoms with van der Waals surface area (Å²) in [6.45, 7) is 5.11. The molecule has 0 saturated carbocycles. The van der Waals surface area contributed by atoms with E-state index in [1.807, 2.05) is 0 Å². The summed E-state index contributed by atoms with van der Waals surface area (Å²) in [5.74, 6) is 0. The summed E-state index contributed by atoms with van der Waals surface area (Å²) in [6, 6.07) is -1.31. The van der Waals surface area contributed by atoms with Crippen LogP contribution in [0.4, 0.5) is 18.0 Å². The van der Waals surface area contributed by atoms with Crippen LogP contribution < -0.4 is 11.1 Å². The summed E-state index contributed by atoms with van der Waals surface area (Å²) in [5.41, 5.74) is 4.37. The van der Waals surface area contributed by atoms with Crippen molar-refractivity contribution in [2.45, 2.75) is 57.5 Å². The van der Waals surface area contributed by atoms with Gasteiger partial charge in [0.15, 0.2) is 0 Å². The first-order valence-electron chi connectivity index (χ1n) is 6.00. The SMILES string of the molecule is CC(C)(C)OC(=O)N[C@@H]1CC=C(C(F)(F)F)C[C@H]1N. The van der Waals surface area contributed by atoms with Gasteiger partial charge in [-0.1, -0.05) is 6.08 Å². The zero-order chi connectivity index (χ0) is 14.8. The molecule has 0 aromatic rings. The molecule has 0 fully saturated rings. The van der Waals surface area contributed by atoms with E-state index in [1.54, 1.807) is 20.8 Å². The van der Waals surface area contributed by atoms with Gasteiger partial charge in [0, 0.05) is 11.6 Å². The Hall–Kier alpha value is -1.24. The number of hydrogen-bond acceptors (Lipinski definition) is 3. The zero-order valence-electron chi connectivity index (χ0n) is 11.2. The first kappa shape index (κ1) is 15.8. The Labute approximate surface area is 110 Å². The van der Waals surface area contributed by atoms with Crippen LogP contribution in [0.2, 0.25) is 0 Å². The second-order valence-corrected chi connectivity index (χ2v) is 5.58. The highest BCUT2D eigenvalue weighted by atomic mass is 19.4. The number of nitrogens with one attached hydrogen (secondary N) is 1. The maximum Gasteiger partial charge on any atom is 0.412 e. The molecule has 4 nitrogen and oxygen atoms in total. The summed E-state index contributed by atoms with van der Waals surface area (Å²) in [7, 11) is 0. The molecule has 0 aromatic carbocycles. The van der Waals surface area contributed by atoms with Crippen molar-refractivity contribution < 1.29 is 22.7 Å². The second kappa shape index (κ2) is 5.40. The Morgan fingerprint density at radius 3 is 2.42 bits per heavy atom. The summed E-state index contributed by atoms with van der Waals surface area (Å²) >= 11 is 0. The van der Waals surface area contributed by atoms with Crippen molar-refractivity contribution in [2.24, 2.45) is 5.73 Å². The van der Waals surface area contributed by atoms with Crippen molar-refractivity contribution in [3.63, 3.8) is 0 Å². The lowest BCUT2D eigenvalue weighted by molar-refractivity contribution is -0.0958. The van der Waals surface area contributed by atoms with Crippen LogP contribution in [0.15, 0.2) is 11.6 Å². The highest BCUT2D eigenvalue weighted by Gasteiger charge is 2.38. The number of rotatable bonds is 1. The van der Waals surface area contributed by atoms with Gasteiger partial charge >= 0.3 is 12.3 Å². The zero-order valence-corrected chi connectivity index (χ0v) is 11.2. The van der Waals surface area contributed by atoms with E-state index in [9.17, 15) is 18.0 Å². The summed E-state index contributed by atoms with van der Waals surface area (Å²) in [5, 5.41) is 2.50. The number of halogens is 3. The Balaban J connectivity index is 2.59. The molecule has 2 atom stereocenters. The predicted octanol–water partition coefficient (Wildman–Crippen LogP) is 2.49. The molecule has 0 aliphatic heterocycles. The van der Waals surface area contributed by atoms with Crippen LogP contribution >= 0.6 is 0 Å². The third-order valence-corrected chi connectivity index (χ3v) is 2.66. The first-order valence-corrected chi connectivity index (χ1v) is 6.00. The number of hydrogen-bond donors (Lipinski definition) is 2. The molecule has 19 heavy (non-hydrogen) atoms. The molecule has 0 unspecified atom stereocenters. The fourth-order valence-corrected chi connectivity index (χ4v) is 1.78. The molecule has 0 radical (unpaired) electrons. The van der Waals surface area contributed by atoms with Gasteiger partial charge in [-0.05, 0) is 33.6 Å². The van der Waals surface area contributed by atoms with E-state index >= 15 is 0 Å². The first-order chi connectivity index (χ1) is 8.49. The topological polar surface area (TPSA) is 64.3 Å². The van der Waals surface area contributed by atoms with Gasteiger partial charge in [0.05, 0.1) is 6.04 Å². The number of carbonyl (C=O) groups excluding carboxylic acids is 1. The van der Waals surface area contributed by atoms with Crippen molar-refractivity contribution in [1.82, 2.24) is 5.32 Å². The van der Waals surface area contributed by atoms with Crippen molar-refractivity contribution in [1.29, 1.82) is 0 Å². The average Bonchev–Trinajstić information content (AvgIpc) is 2.16. The van der Waals surface area contributed by atoms with E-state index < -0.39 is 35.5 Å². The van der Waals surface area contributed by atoms with Crippen LogP contribution in [0.25, 0.3) is 0 Å². The molecule has 1 rings (SSSR count). The normalized spacial score (nSPS) is 24.7. The maximum absolute atomic E-state index is 12.5. The minimum Gasteiger partial charge on any atom is -0.444 e. The second-order valence-electron chi connectivity index (χ2n) is 5.58. The Kier molecular flexibility index (Phi) is 4.50. The fraction of sp³-hybridized carbons (Fsp3) is 0.750. The van der Waals surface area contributed by atoms with E-state index in [-0.39, 0.29) is 12.8 Å². The number of ether oxygens (including phenoxy) is 1. The maximum atomic E-state index is 12.5. The monoisotopic (exact) mass is 280 g/mol. The van der Waals surface area contributed by atoms with Gasteiger partial charge in [0.2, 0.25) is 0 Å². The minimum atomic E-state index is -4.35. The Morgan fingerprint density at radius 2 is 2.00 bits per heavy atom. The van der Waals surface area contributed by atoms with Crippen LogP contribution in [0.1, 0.15) is 33.6 Å². The van der Waals surface area contributed by atoms with Crippen LogP contribution in [-0.2, 0) is 4.74 Å². The van der Waals surface area contributed by atoms with Crippen LogP contribution in [-0.4, -0.2) is 30.0 Å².